The Kier molecular flexibility index (Phi) is 4.78. The molecule has 0 saturated carbocycles. The summed E-state index contributed by atoms with van der Waals surface area (Å²) in [6.07, 6.45) is -0.806. The van der Waals surface area contributed by atoms with Crippen molar-refractivity contribution in [3.05, 3.63) is 63.4 Å². The van der Waals surface area contributed by atoms with Crippen LogP contribution in [0.4, 0.5) is 4.39 Å². The van der Waals surface area contributed by atoms with Gasteiger partial charge in [-0.15, -0.1) is 0 Å². The van der Waals surface area contributed by atoms with Crippen molar-refractivity contribution in [1.29, 1.82) is 0 Å². The van der Waals surface area contributed by atoms with E-state index in [-0.39, 0.29) is 5.82 Å². The monoisotopic (exact) mass is 338 g/mol. The quantitative estimate of drug-likeness (QED) is 0.896. The lowest BCUT2D eigenvalue weighted by atomic mass is 10.00. The lowest BCUT2D eigenvalue weighted by molar-refractivity contribution is 0.219. The van der Waals surface area contributed by atoms with Crippen LogP contribution in [0.3, 0.4) is 0 Å². The largest absolute Gasteiger partial charge is 0.494 e. The molecule has 0 fully saturated rings. The molecular weight excluding hydrogens is 323 g/mol. The molecule has 2 nitrogen and oxygen atoms in total. The van der Waals surface area contributed by atoms with Gasteiger partial charge in [-0.05, 0) is 48.7 Å². The van der Waals surface area contributed by atoms with Crippen LogP contribution in [0.25, 0.3) is 0 Å². The zero-order valence-corrected chi connectivity index (χ0v) is 12.9. The van der Waals surface area contributed by atoms with Crippen molar-refractivity contribution in [3.8, 4) is 5.75 Å². The number of ether oxygens (including phenoxy) is 1. The first-order valence-corrected chi connectivity index (χ1v) is 7.18. The number of aryl methyl sites for hydroxylation is 1. The predicted octanol–water partition coefficient (Wildman–Crippen LogP) is 4.38. The fraction of sp³-hybridized carbons (Fsp3) is 0.250. The maximum Gasteiger partial charge on any atom is 0.126 e. The summed E-state index contributed by atoms with van der Waals surface area (Å²) in [4.78, 5) is 0. The van der Waals surface area contributed by atoms with E-state index in [0.717, 1.165) is 15.8 Å². The minimum atomic E-state index is -0.806. The van der Waals surface area contributed by atoms with Gasteiger partial charge in [0.15, 0.2) is 0 Å². The van der Waals surface area contributed by atoms with Crippen LogP contribution in [-0.4, -0.2) is 11.7 Å². The van der Waals surface area contributed by atoms with Gasteiger partial charge in [0.1, 0.15) is 17.7 Å². The van der Waals surface area contributed by atoms with Crippen molar-refractivity contribution in [3.63, 3.8) is 0 Å². The van der Waals surface area contributed by atoms with Crippen LogP contribution in [0.15, 0.2) is 40.9 Å². The van der Waals surface area contributed by atoms with Gasteiger partial charge in [-0.1, -0.05) is 34.1 Å². The molecule has 0 aliphatic heterocycles. The van der Waals surface area contributed by atoms with Gasteiger partial charge in [-0.2, -0.15) is 0 Å². The van der Waals surface area contributed by atoms with E-state index in [4.69, 9.17) is 4.74 Å². The van der Waals surface area contributed by atoms with Gasteiger partial charge in [0, 0.05) is 4.47 Å². The highest BCUT2D eigenvalue weighted by Crippen LogP contribution is 2.32. The molecule has 1 atom stereocenters. The Morgan fingerprint density at radius 2 is 2.00 bits per heavy atom. The summed E-state index contributed by atoms with van der Waals surface area (Å²) >= 11 is 3.43. The Bertz CT molecular complexity index is 613. The minimum absolute atomic E-state index is 0.272. The highest BCUT2D eigenvalue weighted by atomic mass is 79.9. The molecule has 4 heteroatoms. The highest BCUT2D eigenvalue weighted by Gasteiger charge is 2.15. The molecule has 0 saturated heterocycles. The van der Waals surface area contributed by atoms with Crippen LogP contribution in [0.5, 0.6) is 5.75 Å². The normalized spacial score (nSPS) is 12.2. The standard InChI is InChI=1S/C16H16BrFO2/c1-3-20-12-5-6-13(14(17)9-12)16(19)11-4-7-15(18)10(2)8-11/h4-9,16,19H,3H2,1-2H3. The third kappa shape index (κ3) is 3.19. The summed E-state index contributed by atoms with van der Waals surface area (Å²) in [6.45, 7) is 4.18. The number of hydrogen-bond acceptors (Lipinski definition) is 2. The molecule has 2 aromatic carbocycles. The molecule has 0 radical (unpaired) electrons. The number of aliphatic hydroxyl groups excluding tert-OH is 1. The van der Waals surface area contributed by atoms with E-state index in [2.05, 4.69) is 15.9 Å². The zero-order valence-electron chi connectivity index (χ0n) is 11.4. The van der Waals surface area contributed by atoms with Crippen LogP contribution in [-0.2, 0) is 0 Å². The molecule has 1 unspecified atom stereocenters. The Balaban J connectivity index is 2.32. The van der Waals surface area contributed by atoms with E-state index in [1.54, 1.807) is 25.1 Å². The molecule has 0 aliphatic rings. The highest BCUT2D eigenvalue weighted by molar-refractivity contribution is 9.10. The molecule has 0 aliphatic carbocycles. The molecule has 0 heterocycles. The maximum atomic E-state index is 13.3. The molecule has 1 N–H and O–H groups in total. The molecule has 106 valence electrons. The first kappa shape index (κ1) is 15.0. The van der Waals surface area contributed by atoms with Crippen LogP contribution in [0.2, 0.25) is 0 Å². The van der Waals surface area contributed by atoms with Gasteiger partial charge in [0.2, 0.25) is 0 Å². The van der Waals surface area contributed by atoms with Crippen molar-refractivity contribution in [2.45, 2.75) is 20.0 Å². The fourth-order valence-corrected chi connectivity index (χ4v) is 2.58. The average molecular weight is 339 g/mol. The second-order valence-corrected chi connectivity index (χ2v) is 5.38. The molecule has 0 bridgehead atoms. The van der Waals surface area contributed by atoms with E-state index in [1.165, 1.54) is 6.07 Å². The number of rotatable bonds is 4. The SMILES string of the molecule is CCOc1ccc(C(O)c2ccc(F)c(C)c2)c(Br)c1. The van der Waals surface area contributed by atoms with Gasteiger partial charge in [0.25, 0.3) is 0 Å². The first-order valence-electron chi connectivity index (χ1n) is 6.39. The molecule has 2 rings (SSSR count). The van der Waals surface area contributed by atoms with Gasteiger partial charge < -0.3 is 9.84 Å². The number of benzene rings is 2. The van der Waals surface area contributed by atoms with Crippen LogP contribution >= 0.6 is 15.9 Å². The Labute approximate surface area is 126 Å². The Morgan fingerprint density at radius 3 is 2.60 bits per heavy atom. The van der Waals surface area contributed by atoms with Crippen molar-refractivity contribution in [2.24, 2.45) is 0 Å². The second-order valence-electron chi connectivity index (χ2n) is 4.53. The van der Waals surface area contributed by atoms with Crippen molar-refractivity contribution in [1.82, 2.24) is 0 Å². The molecule has 20 heavy (non-hydrogen) atoms. The molecular formula is C16H16BrFO2. The number of halogens is 2. The van der Waals surface area contributed by atoms with Gasteiger partial charge in [-0.25, -0.2) is 4.39 Å². The first-order chi connectivity index (χ1) is 9.52. The summed E-state index contributed by atoms with van der Waals surface area (Å²) in [6, 6.07) is 10.1. The lowest BCUT2D eigenvalue weighted by Crippen LogP contribution is -2.02. The summed E-state index contributed by atoms with van der Waals surface area (Å²) in [5, 5.41) is 10.4. The smallest absolute Gasteiger partial charge is 0.126 e. The lowest BCUT2D eigenvalue weighted by Gasteiger charge is -2.15. The fourth-order valence-electron chi connectivity index (χ4n) is 2.00. The summed E-state index contributed by atoms with van der Waals surface area (Å²) in [5.41, 5.74) is 1.90. The van der Waals surface area contributed by atoms with Crippen LogP contribution in [0.1, 0.15) is 29.7 Å². The third-order valence-corrected chi connectivity index (χ3v) is 3.76. The third-order valence-electron chi connectivity index (χ3n) is 3.08. The van der Waals surface area contributed by atoms with Crippen molar-refractivity contribution >= 4 is 15.9 Å². The summed E-state index contributed by atoms with van der Waals surface area (Å²) < 4.78 is 19.4. The minimum Gasteiger partial charge on any atom is -0.494 e. The van der Waals surface area contributed by atoms with E-state index >= 15 is 0 Å². The average Bonchev–Trinajstić information content (AvgIpc) is 2.42. The molecule has 0 amide bonds. The van der Waals surface area contributed by atoms with Crippen molar-refractivity contribution in [2.75, 3.05) is 6.61 Å². The summed E-state index contributed by atoms with van der Waals surface area (Å²) in [7, 11) is 0. The van der Waals surface area contributed by atoms with E-state index < -0.39 is 6.10 Å². The number of aliphatic hydroxyl groups is 1. The Hall–Kier alpha value is -1.39. The van der Waals surface area contributed by atoms with Gasteiger partial charge in [-0.3, -0.25) is 0 Å². The number of hydrogen-bond donors (Lipinski definition) is 1. The molecule has 0 spiro atoms. The van der Waals surface area contributed by atoms with Crippen molar-refractivity contribution < 1.29 is 14.2 Å². The van der Waals surface area contributed by atoms with Gasteiger partial charge in [0.05, 0.1) is 6.61 Å². The zero-order chi connectivity index (χ0) is 14.7. The Morgan fingerprint density at radius 1 is 1.25 bits per heavy atom. The van der Waals surface area contributed by atoms with Crippen LogP contribution < -0.4 is 4.74 Å². The van der Waals surface area contributed by atoms with E-state index in [9.17, 15) is 9.50 Å². The van der Waals surface area contributed by atoms with E-state index in [0.29, 0.717) is 17.7 Å². The molecule has 0 aromatic heterocycles. The van der Waals surface area contributed by atoms with Gasteiger partial charge >= 0.3 is 0 Å². The second kappa shape index (κ2) is 6.37. The molecule has 2 aromatic rings. The maximum absolute atomic E-state index is 13.3. The topological polar surface area (TPSA) is 29.5 Å². The van der Waals surface area contributed by atoms with E-state index in [1.807, 2.05) is 19.1 Å². The van der Waals surface area contributed by atoms with Crippen LogP contribution in [0, 0.1) is 12.7 Å². The predicted molar refractivity (Wildman–Crippen MR) is 80.5 cm³/mol. The summed E-state index contributed by atoms with van der Waals surface area (Å²) in [5.74, 6) is 0.470.